The first-order chi connectivity index (χ1) is 10.5. The Morgan fingerprint density at radius 3 is 2.82 bits per heavy atom. The highest BCUT2D eigenvalue weighted by atomic mass is 16.5. The van der Waals surface area contributed by atoms with Crippen molar-refractivity contribution in [2.75, 3.05) is 6.54 Å². The molecule has 5 nitrogen and oxygen atoms in total. The first-order valence-corrected chi connectivity index (χ1v) is 7.47. The number of carbonyl (C=O) groups is 2. The normalized spacial score (nSPS) is 36.7. The number of nitrogens with zero attached hydrogens (tertiary/aromatic N) is 1. The molecule has 1 aromatic carbocycles. The summed E-state index contributed by atoms with van der Waals surface area (Å²) < 4.78 is 5.85. The number of fused-ring (bicyclic) bond motifs is 1. The zero-order valence-corrected chi connectivity index (χ0v) is 12.1. The van der Waals surface area contributed by atoms with Gasteiger partial charge in [-0.3, -0.25) is 4.79 Å². The molecule has 2 fully saturated rings. The fourth-order valence-electron chi connectivity index (χ4n) is 4.04. The van der Waals surface area contributed by atoms with E-state index in [1.54, 1.807) is 11.0 Å². The number of carboxylic acid groups (broad SMARTS) is 1. The van der Waals surface area contributed by atoms with Crippen molar-refractivity contribution in [2.45, 2.75) is 24.7 Å². The van der Waals surface area contributed by atoms with Crippen LogP contribution in [0.15, 0.2) is 42.5 Å². The van der Waals surface area contributed by atoms with Gasteiger partial charge in [0.25, 0.3) is 0 Å². The van der Waals surface area contributed by atoms with E-state index in [0.717, 1.165) is 5.56 Å². The number of aliphatic carboxylic acids is 1. The minimum Gasteiger partial charge on any atom is -0.550 e. The van der Waals surface area contributed by atoms with E-state index in [4.69, 9.17) is 4.74 Å². The summed E-state index contributed by atoms with van der Waals surface area (Å²) >= 11 is 0. The van der Waals surface area contributed by atoms with Crippen molar-refractivity contribution in [2.24, 2.45) is 11.8 Å². The first kappa shape index (κ1) is 13.5. The van der Waals surface area contributed by atoms with Crippen LogP contribution in [0.25, 0.3) is 0 Å². The molecule has 114 valence electrons. The van der Waals surface area contributed by atoms with Gasteiger partial charge in [-0.2, -0.15) is 0 Å². The number of benzene rings is 1. The topological polar surface area (TPSA) is 69.7 Å². The second-order valence-corrected chi connectivity index (χ2v) is 6.27. The molecule has 1 spiro atoms. The summed E-state index contributed by atoms with van der Waals surface area (Å²) in [5.74, 6) is -2.91. The molecule has 0 aliphatic carbocycles. The molecule has 0 saturated carbocycles. The van der Waals surface area contributed by atoms with Crippen LogP contribution in [-0.2, 0) is 14.3 Å². The molecule has 0 aromatic heterocycles. The van der Waals surface area contributed by atoms with Crippen molar-refractivity contribution in [3.05, 3.63) is 48.0 Å². The molecule has 0 unspecified atom stereocenters. The van der Waals surface area contributed by atoms with Crippen LogP contribution in [-0.4, -0.2) is 35.0 Å². The summed E-state index contributed by atoms with van der Waals surface area (Å²) in [6.45, 7) is 2.35. The van der Waals surface area contributed by atoms with Gasteiger partial charge < -0.3 is 19.5 Å². The summed E-state index contributed by atoms with van der Waals surface area (Å²) in [5.41, 5.74) is 0.228. The Morgan fingerprint density at radius 1 is 1.41 bits per heavy atom. The fourth-order valence-corrected chi connectivity index (χ4v) is 4.04. The van der Waals surface area contributed by atoms with Gasteiger partial charge in [0.2, 0.25) is 5.91 Å². The van der Waals surface area contributed by atoms with Crippen LogP contribution in [0.1, 0.15) is 18.5 Å². The van der Waals surface area contributed by atoms with Gasteiger partial charge in [-0.05, 0) is 12.5 Å². The Morgan fingerprint density at radius 2 is 2.14 bits per heavy atom. The molecular formula is C17H16NO4-. The smallest absolute Gasteiger partial charge is 0.230 e. The molecule has 3 aliphatic rings. The molecular weight excluding hydrogens is 282 g/mol. The lowest BCUT2D eigenvalue weighted by Gasteiger charge is -2.28. The summed E-state index contributed by atoms with van der Waals surface area (Å²) in [6, 6.07) is 9.60. The molecule has 5 heteroatoms. The van der Waals surface area contributed by atoms with E-state index in [9.17, 15) is 14.7 Å². The Balaban J connectivity index is 1.68. The van der Waals surface area contributed by atoms with Crippen molar-refractivity contribution in [3.8, 4) is 0 Å². The van der Waals surface area contributed by atoms with Crippen LogP contribution in [0.2, 0.25) is 0 Å². The van der Waals surface area contributed by atoms with Crippen molar-refractivity contribution in [1.29, 1.82) is 0 Å². The minimum atomic E-state index is -1.20. The van der Waals surface area contributed by atoms with Gasteiger partial charge in [-0.25, -0.2) is 0 Å². The molecule has 0 N–H and O–H groups in total. The Bertz CT molecular complexity index is 670. The lowest BCUT2D eigenvalue weighted by Crippen LogP contribution is -2.45. The highest BCUT2D eigenvalue weighted by molar-refractivity contribution is 5.90. The average Bonchev–Trinajstić information content (AvgIpc) is 3.15. The van der Waals surface area contributed by atoms with E-state index in [0.29, 0.717) is 6.54 Å². The predicted octanol–water partition coefficient (Wildman–Crippen LogP) is 0.279. The van der Waals surface area contributed by atoms with E-state index in [2.05, 4.69) is 0 Å². The third kappa shape index (κ3) is 1.63. The Hall–Kier alpha value is -2.14. The van der Waals surface area contributed by atoms with Crippen molar-refractivity contribution in [3.63, 3.8) is 0 Å². The zero-order chi connectivity index (χ0) is 15.5. The van der Waals surface area contributed by atoms with Gasteiger partial charge in [0.05, 0.1) is 24.6 Å². The maximum Gasteiger partial charge on any atom is 0.230 e. The maximum atomic E-state index is 12.8. The lowest BCUT2D eigenvalue weighted by atomic mass is 9.77. The van der Waals surface area contributed by atoms with Crippen LogP contribution in [0, 0.1) is 11.8 Å². The summed E-state index contributed by atoms with van der Waals surface area (Å²) in [7, 11) is 0. The largest absolute Gasteiger partial charge is 0.550 e. The summed E-state index contributed by atoms with van der Waals surface area (Å²) in [5, 5.41) is 11.4. The van der Waals surface area contributed by atoms with E-state index in [1.807, 2.05) is 43.3 Å². The summed E-state index contributed by atoms with van der Waals surface area (Å²) in [6.07, 6.45) is 3.08. The second-order valence-electron chi connectivity index (χ2n) is 6.27. The molecule has 0 radical (unpaired) electrons. The number of hydrogen-bond acceptors (Lipinski definition) is 4. The lowest BCUT2D eigenvalue weighted by molar-refractivity contribution is -0.313. The molecule has 2 bridgehead atoms. The van der Waals surface area contributed by atoms with Crippen LogP contribution < -0.4 is 5.11 Å². The molecule has 5 atom stereocenters. The van der Waals surface area contributed by atoms with Crippen molar-refractivity contribution >= 4 is 11.9 Å². The molecule has 2 saturated heterocycles. The minimum absolute atomic E-state index is 0.118. The van der Waals surface area contributed by atoms with Gasteiger partial charge in [-0.15, -0.1) is 0 Å². The molecule has 3 heterocycles. The van der Waals surface area contributed by atoms with E-state index in [-0.39, 0.29) is 11.9 Å². The second kappa shape index (κ2) is 4.43. The van der Waals surface area contributed by atoms with Crippen LogP contribution >= 0.6 is 0 Å². The number of carbonyl (C=O) groups excluding carboxylic acids is 2. The molecule has 4 rings (SSSR count). The van der Waals surface area contributed by atoms with Gasteiger partial charge in [0, 0.05) is 11.9 Å². The van der Waals surface area contributed by atoms with Crippen LogP contribution in [0.3, 0.4) is 0 Å². The summed E-state index contributed by atoms with van der Waals surface area (Å²) in [4.78, 5) is 26.0. The molecule has 3 aliphatic heterocycles. The Kier molecular flexibility index (Phi) is 2.72. The van der Waals surface area contributed by atoms with E-state index in [1.165, 1.54) is 0 Å². The SMILES string of the molecule is C[C@@H](c1ccccc1)N1C[C@@]23C=C[C@H](O2)[C@H](C(=O)[O-])[C@@H]3C1=O. The third-order valence-electron chi connectivity index (χ3n) is 5.15. The van der Waals surface area contributed by atoms with E-state index < -0.39 is 29.5 Å². The number of carboxylic acids is 1. The number of likely N-dealkylation sites (tertiary alicyclic amines) is 1. The van der Waals surface area contributed by atoms with Crippen molar-refractivity contribution in [1.82, 2.24) is 4.90 Å². The average molecular weight is 298 g/mol. The monoisotopic (exact) mass is 298 g/mol. The standard InChI is InChI=1S/C17H17NO4/c1-10(11-5-3-2-4-6-11)18-9-17-8-7-12(22-17)13(16(20)21)14(17)15(18)19/h2-8,10,12-14H,9H2,1H3,(H,20,21)/p-1/t10-,12-,13-,14+,17+/m0/s1. The van der Waals surface area contributed by atoms with Crippen molar-refractivity contribution < 1.29 is 19.4 Å². The first-order valence-electron chi connectivity index (χ1n) is 7.47. The predicted molar refractivity (Wildman–Crippen MR) is 75.3 cm³/mol. The number of amides is 1. The van der Waals surface area contributed by atoms with Crippen LogP contribution in [0.4, 0.5) is 0 Å². The number of ether oxygens (including phenoxy) is 1. The van der Waals surface area contributed by atoms with Crippen LogP contribution in [0.5, 0.6) is 0 Å². The number of rotatable bonds is 3. The quantitative estimate of drug-likeness (QED) is 0.752. The van der Waals surface area contributed by atoms with Gasteiger partial charge >= 0.3 is 0 Å². The van der Waals surface area contributed by atoms with Gasteiger partial charge in [0.15, 0.2) is 0 Å². The molecule has 1 amide bonds. The van der Waals surface area contributed by atoms with Gasteiger partial charge in [0.1, 0.15) is 5.60 Å². The van der Waals surface area contributed by atoms with Gasteiger partial charge in [-0.1, -0.05) is 42.5 Å². The third-order valence-corrected chi connectivity index (χ3v) is 5.15. The molecule has 1 aromatic rings. The highest BCUT2D eigenvalue weighted by Crippen LogP contribution is 2.52. The fraction of sp³-hybridized carbons (Fsp3) is 0.412. The highest BCUT2D eigenvalue weighted by Gasteiger charge is 2.65. The molecule has 22 heavy (non-hydrogen) atoms. The maximum absolute atomic E-state index is 12.8. The van der Waals surface area contributed by atoms with E-state index >= 15 is 0 Å². The zero-order valence-electron chi connectivity index (χ0n) is 12.1. The Labute approximate surface area is 128 Å². The number of hydrogen-bond donors (Lipinski definition) is 0.